The Hall–Kier alpha value is -1.62. The van der Waals surface area contributed by atoms with Crippen molar-refractivity contribution in [3.63, 3.8) is 0 Å². The fourth-order valence-corrected chi connectivity index (χ4v) is 2.17. The van der Waals surface area contributed by atoms with Crippen molar-refractivity contribution in [2.24, 2.45) is 10.4 Å². The number of guanidine groups is 1. The second-order valence-electron chi connectivity index (χ2n) is 5.81. The molecule has 4 nitrogen and oxygen atoms in total. The molecule has 0 atom stereocenters. The van der Waals surface area contributed by atoms with Gasteiger partial charge in [0.25, 0.3) is 0 Å². The van der Waals surface area contributed by atoms with Crippen LogP contribution in [0.25, 0.3) is 0 Å². The van der Waals surface area contributed by atoms with E-state index < -0.39 is 0 Å². The molecule has 0 radical (unpaired) electrons. The largest absolute Gasteiger partial charge is 0.380 e. The first-order valence-corrected chi connectivity index (χ1v) is 7.46. The third-order valence-electron chi connectivity index (χ3n) is 3.46. The van der Waals surface area contributed by atoms with Crippen LogP contribution in [0.1, 0.15) is 19.4 Å². The summed E-state index contributed by atoms with van der Waals surface area (Å²) in [6.45, 7) is 8.07. The highest BCUT2D eigenvalue weighted by Gasteiger charge is 2.33. The van der Waals surface area contributed by atoms with Gasteiger partial charge in [0.2, 0.25) is 0 Å². The summed E-state index contributed by atoms with van der Waals surface area (Å²) in [5.74, 6) is 0.619. The first kappa shape index (κ1) is 15.8. The molecule has 1 saturated heterocycles. The molecule has 2 rings (SSSR count). The van der Waals surface area contributed by atoms with E-state index in [0.29, 0.717) is 0 Å². The maximum absolute atomic E-state index is 13.1. The molecular weight excluding hydrogens is 269 g/mol. The van der Waals surface area contributed by atoms with Crippen molar-refractivity contribution in [2.75, 3.05) is 32.8 Å². The zero-order valence-electron chi connectivity index (χ0n) is 12.8. The van der Waals surface area contributed by atoms with Gasteiger partial charge in [0.15, 0.2) is 5.96 Å². The Morgan fingerprint density at radius 2 is 2.19 bits per heavy atom. The minimum Gasteiger partial charge on any atom is -0.380 e. The SMILES string of the molecule is CCNC(=NCC1(C)COC1)NCCc1cccc(F)c1. The number of rotatable bonds is 6. The van der Waals surface area contributed by atoms with Gasteiger partial charge in [-0.05, 0) is 31.0 Å². The summed E-state index contributed by atoms with van der Waals surface area (Å²) >= 11 is 0. The lowest BCUT2D eigenvalue weighted by molar-refractivity contribution is -0.0945. The minimum atomic E-state index is -0.189. The van der Waals surface area contributed by atoms with E-state index in [1.54, 1.807) is 12.1 Å². The second-order valence-corrected chi connectivity index (χ2v) is 5.81. The van der Waals surface area contributed by atoms with Gasteiger partial charge >= 0.3 is 0 Å². The minimum absolute atomic E-state index is 0.172. The smallest absolute Gasteiger partial charge is 0.191 e. The molecule has 1 aromatic rings. The van der Waals surface area contributed by atoms with Crippen molar-refractivity contribution in [1.29, 1.82) is 0 Å². The first-order chi connectivity index (χ1) is 10.1. The number of nitrogens with zero attached hydrogens (tertiary/aromatic N) is 1. The number of aliphatic imine (C=N–C) groups is 1. The quantitative estimate of drug-likeness (QED) is 0.622. The van der Waals surface area contributed by atoms with Gasteiger partial charge in [-0.25, -0.2) is 4.39 Å². The van der Waals surface area contributed by atoms with E-state index in [1.807, 2.05) is 13.0 Å². The zero-order valence-corrected chi connectivity index (χ0v) is 12.8. The predicted octanol–water partition coefficient (Wildman–Crippen LogP) is 1.96. The van der Waals surface area contributed by atoms with E-state index in [1.165, 1.54) is 6.07 Å². The summed E-state index contributed by atoms with van der Waals surface area (Å²) < 4.78 is 18.3. The van der Waals surface area contributed by atoms with Crippen LogP contribution in [0.3, 0.4) is 0 Å². The van der Waals surface area contributed by atoms with E-state index in [9.17, 15) is 4.39 Å². The molecular formula is C16H24FN3O. The summed E-state index contributed by atoms with van der Waals surface area (Å²) in [5.41, 5.74) is 1.16. The first-order valence-electron chi connectivity index (χ1n) is 7.46. The molecule has 1 aliphatic rings. The Bertz CT molecular complexity index is 486. The Morgan fingerprint density at radius 3 is 2.81 bits per heavy atom. The van der Waals surface area contributed by atoms with E-state index in [0.717, 1.165) is 50.8 Å². The van der Waals surface area contributed by atoms with Crippen LogP contribution in [0.15, 0.2) is 29.3 Å². The maximum Gasteiger partial charge on any atom is 0.191 e. The van der Waals surface area contributed by atoms with Crippen LogP contribution in [-0.2, 0) is 11.2 Å². The summed E-state index contributed by atoms with van der Waals surface area (Å²) in [6.07, 6.45) is 0.766. The van der Waals surface area contributed by atoms with Crippen molar-refractivity contribution in [1.82, 2.24) is 10.6 Å². The number of ether oxygens (including phenoxy) is 1. The Labute approximate surface area is 125 Å². The number of hydrogen-bond donors (Lipinski definition) is 2. The molecule has 116 valence electrons. The zero-order chi connectivity index (χ0) is 15.1. The Balaban J connectivity index is 1.80. The van der Waals surface area contributed by atoms with Gasteiger partial charge in [-0.2, -0.15) is 0 Å². The lowest BCUT2D eigenvalue weighted by Crippen LogP contribution is -2.44. The molecule has 1 fully saturated rings. The van der Waals surface area contributed by atoms with Crippen molar-refractivity contribution < 1.29 is 9.13 Å². The van der Waals surface area contributed by atoms with Crippen LogP contribution >= 0.6 is 0 Å². The highest BCUT2D eigenvalue weighted by atomic mass is 19.1. The Kier molecular flexibility index (Phi) is 5.56. The fourth-order valence-electron chi connectivity index (χ4n) is 2.17. The lowest BCUT2D eigenvalue weighted by Gasteiger charge is -2.36. The van der Waals surface area contributed by atoms with Crippen LogP contribution in [-0.4, -0.2) is 38.8 Å². The number of hydrogen-bond acceptors (Lipinski definition) is 2. The molecule has 0 saturated carbocycles. The molecule has 0 spiro atoms. The maximum atomic E-state index is 13.1. The number of benzene rings is 1. The van der Waals surface area contributed by atoms with Gasteiger partial charge in [0.05, 0.1) is 19.8 Å². The van der Waals surface area contributed by atoms with Crippen LogP contribution in [0.4, 0.5) is 4.39 Å². The second kappa shape index (κ2) is 7.41. The third kappa shape index (κ3) is 5.01. The topological polar surface area (TPSA) is 45.7 Å². The summed E-state index contributed by atoms with van der Waals surface area (Å²) in [7, 11) is 0. The van der Waals surface area contributed by atoms with Gasteiger partial charge < -0.3 is 15.4 Å². The molecule has 0 aromatic heterocycles. The van der Waals surface area contributed by atoms with Gasteiger partial charge in [-0.1, -0.05) is 19.1 Å². The molecule has 1 heterocycles. The van der Waals surface area contributed by atoms with Gasteiger partial charge in [-0.3, -0.25) is 4.99 Å². The molecule has 1 aromatic carbocycles. The van der Waals surface area contributed by atoms with Crippen LogP contribution in [0.2, 0.25) is 0 Å². The molecule has 0 aliphatic carbocycles. The van der Waals surface area contributed by atoms with Crippen molar-refractivity contribution >= 4 is 5.96 Å². The third-order valence-corrected chi connectivity index (χ3v) is 3.46. The number of nitrogens with one attached hydrogen (secondary N) is 2. The number of halogens is 1. The summed E-state index contributed by atoms with van der Waals surface area (Å²) in [5, 5.41) is 6.51. The molecule has 2 N–H and O–H groups in total. The summed E-state index contributed by atoms with van der Waals surface area (Å²) in [6, 6.07) is 6.70. The highest BCUT2D eigenvalue weighted by Crippen LogP contribution is 2.26. The monoisotopic (exact) mass is 293 g/mol. The van der Waals surface area contributed by atoms with Crippen molar-refractivity contribution in [3.8, 4) is 0 Å². The van der Waals surface area contributed by atoms with E-state index in [-0.39, 0.29) is 11.2 Å². The molecule has 5 heteroatoms. The van der Waals surface area contributed by atoms with Crippen LogP contribution in [0.5, 0.6) is 0 Å². The average molecular weight is 293 g/mol. The summed E-state index contributed by atoms with van der Waals surface area (Å²) in [4.78, 5) is 4.60. The normalized spacial score (nSPS) is 17.2. The van der Waals surface area contributed by atoms with Gasteiger partial charge in [-0.15, -0.1) is 0 Å². The molecule has 0 amide bonds. The van der Waals surface area contributed by atoms with E-state index in [4.69, 9.17) is 4.74 Å². The Morgan fingerprint density at radius 1 is 1.38 bits per heavy atom. The molecule has 21 heavy (non-hydrogen) atoms. The van der Waals surface area contributed by atoms with Crippen molar-refractivity contribution in [3.05, 3.63) is 35.6 Å². The van der Waals surface area contributed by atoms with Crippen molar-refractivity contribution in [2.45, 2.75) is 20.3 Å². The lowest BCUT2D eigenvalue weighted by atomic mass is 9.89. The van der Waals surface area contributed by atoms with Gasteiger partial charge in [0.1, 0.15) is 5.82 Å². The molecule has 0 unspecified atom stereocenters. The fraction of sp³-hybridized carbons (Fsp3) is 0.562. The highest BCUT2D eigenvalue weighted by molar-refractivity contribution is 5.79. The standard InChI is InChI=1S/C16H24FN3O/c1-3-18-15(20-10-16(2)11-21-12-16)19-8-7-13-5-4-6-14(17)9-13/h4-6,9H,3,7-8,10-12H2,1-2H3,(H2,18,19,20). The predicted molar refractivity (Wildman–Crippen MR) is 83.0 cm³/mol. The van der Waals surface area contributed by atoms with Gasteiger partial charge in [0, 0.05) is 18.5 Å². The van der Waals surface area contributed by atoms with Crippen LogP contribution in [0, 0.1) is 11.2 Å². The average Bonchev–Trinajstić information content (AvgIpc) is 2.43. The van der Waals surface area contributed by atoms with Crippen LogP contribution < -0.4 is 10.6 Å². The molecule has 0 bridgehead atoms. The molecule has 1 aliphatic heterocycles. The van der Waals surface area contributed by atoms with E-state index in [2.05, 4.69) is 22.5 Å². The van der Waals surface area contributed by atoms with E-state index >= 15 is 0 Å².